The number of rotatable bonds is 5. The molecule has 7 heteroatoms. The van der Waals surface area contributed by atoms with Crippen molar-refractivity contribution in [1.29, 1.82) is 0 Å². The van der Waals surface area contributed by atoms with E-state index in [1.807, 2.05) is 119 Å². The normalized spacial score (nSPS) is 9.73. The van der Waals surface area contributed by atoms with Crippen molar-refractivity contribution in [2.75, 3.05) is 38.0 Å². The van der Waals surface area contributed by atoms with Crippen molar-refractivity contribution in [3.05, 3.63) is 146 Å². The summed E-state index contributed by atoms with van der Waals surface area (Å²) in [4.78, 5) is 17.0. The summed E-state index contributed by atoms with van der Waals surface area (Å²) in [7, 11) is 8.09. The first-order valence-corrected chi connectivity index (χ1v) is 13.7. The summed E-state index contributed by atoms with van der Waals surface area (Å²) in [6.45, 7) is 0. The van der Waals surface area contributed by atoms with E-state index in [1.54, 1.807) is 18.3 Å². The Morgan fingerprint density at radius 3 is 1.43 bits per heavy atom. The van der Waals surface area contributed by atoms with Gasteiger partial charge in [-0.15, -0.1) is 102 Å². The predicted molar refractivity (Wildman–Crippen MR) is 176 cm³/mol. The molecule has 0 atom stereocenters. The van der Waals surface area contributed by atoms with Crippen LogP contribution in [0.3, 0.4) is 0 Å². The van der Waals surface area contributed by atoms with E-state index in [2.05, 4.69) is 55.1 Å². The molecule has 0 radical (unpaired) electrons. The van der Waals surface area contributed by atoms with E-state index < -0.39 is 0 Å². The van der Waals surface area contributed by atoms with Gasteiger partial charge in [-0.25, -0.2) is 0 Å². The molecule has 6 aromatic rings. The van der Waals surface area contributed by atoms with Gasteiger partial charge in [-0.05, 0) is 35.3 Å². The van der Waals surface area contributed by atoms with Gasteiger partial charge in [0, 0.05) is 63.9 Å². The molecule has 0 aliphatic heterocycles. The number of aromatic nitrogens is 3. The van der Waals surface area contributed by atoms with Gasteiger partial charge in [0.25, 0.3) is 0 Å². The number of anilines is 2. The second kappa shape index (κ2) is 17.3. The number of aromatic hydroxyl groups is 1. The molecule has 1 N–H and O–H groups in total. The molecule has 222 valence electrons. The van der Waals surface area contributed by atoms with Crippen molar-refractivity contribution in [1.82, 2.24) is 15.0 Å². The van der Waals surface area contributed by atoms with Crippen LogP contribution in [0.1, 0.15) is 0 Å². The summed E-state index contributed by atoms with van der Waals surface area (Å²) < 4.78 is 0. The van der Waals surface area contributed by atoms with Crippen LogP contribution in [-0.2, 0) is 20.1 Å². The van der Waals surface area contributed by atoms with Crippen LogP contribution in [0.25, 0.3) is 33.8 Å². The van der Waals surface area contributed by atoms with Gasteiger partial charge < -0.3 is 29.9 Å². The van der Waals surface area contributed by atoms with E-state index >= 15 is 0 Å². The van der Waals surface area contributed by atoms with Crippen molar-refractivity contribution >= 4 is 11.4 Å². The van der Waals surface area contributed by atoms with Gasteiger partial charge in [0.2, 0.25) is 0 Å². The minimum atomic E-state index is 0. The van der Waals surface area contributed by atoms with Gasteiger partial charge in [-0.2, -0.15) is 0 Å². The summed E-state index contributed by atoms with van der Waals surface area (Å²) in [5.74, 6) is 0.222. The molecule has 6 rings (SSSR count). The fourth-order valence-corrected chi connectivity index (χ4v) is 3.89. The van der Waals surface area contributed by atoms with Crippen molar-refractivity contribution in [2.45, 2.75) is 0 Å². The predicted octanol–water partition coefficient (Wildman–Crippen LogP) is 7.48. The van der Waals surface area contributed by atoms with E-state index in [0.717, 1.165) is 45.1 Å². The molecule has 3 aromatic heterocycles. The third-order valence-corrected chi connectivity index (χ3v) is 6.23. The second-order valence-electron chi connectivity index (χ2n) is 9.82. The molecule has 0 saturated carbocycles. The van der Waals surface area contributed by atoms with Gasteiger partial charge in [0.1, 0.15) is 0 Å². The Hall–Kier alpha value is -4.84. The molecule has 0 aliphatic carbocycles. The Morgan fingerprint density at radius 2 is 1.02 bits per heavy atom. The van der Waals surface area contributed by atoms with Crippen molar-refractivity contribution in [2.24, 2.45) is 0 Å². The average molecular weight is 757 g/mol. The number of pyridine rings is 3. The van der Waals surface area contributed by atoms with Gasteiger partial charge in [-0.3, -0.25) is 0 Å². The smallest absolute Gasteiger partial charge is 0.551 e. The van der Waals surface area contributed by atoms with Gasteiger partial charge in [0.15, 0.2) is 0 Å². The maximum absolute atomic E-state index is 9.05. The molecule has 0 amide bonds. The first kappa shape index (κ1) is 33.7. The molecule has 44 heavy (non-hydrogen) atoms. The molecule has 6 nitrogen and oxygen atoms in total. The Bertz CT molecular complexity index is 1580. The Balaban J connectivity index is 0.000000179. The fraction of sp³-hybridized carbons (Fsp3) is 0.108. The number of hydrogen-bond acceptors (Lipinski definition) is 6. The van der Waals surface area contributed by atoms with E-state index in [4.69, 9.17) is 5.11 Å². The molecule has 0 fully saturated rings. The summed E-state index contributed by atoms with van der Waals surface area (Å²) in [6.07, 6.45) is 5.38. The monoisotopic (exact) mass is 757 g/mol. The minimum Gasteiger partial charge on any atom is -0.551 e. The van der Waals surface area contributed by atoms with Crippen LogP contribution in [0.4, 0.5) is 11.4 Å². The maximum Gasteiger partial charge on any atom is 3.00 e. The Morgan fingerprint density at radius 1 is 0.523 bits per heavy atom. The number of benzene rings is 3. The molecule has 0 unspecified atom stereocenters. The molecule has 3 heterocycles. The van der Waals surface area contributed by atoms with E-state index in [1.165, 1.54) is 6.07 Å². The zero-order valence-electron chi connectivity index (χ0n) is 25.1. The standard InChI is InChI=1S/2C13H13N2.C11H8NO.Ir/c2*1-15(2)12-8-9-14-13(10-12)11-6-4-3-5-7-11;13-10-6-4-9(5-7-10)11-3-1-2-8-12-11;/h2*3-6,8-10H,1-2H3;1-4,6-8,13H;/q3*-1;+3. The summed E-state index contributed by atoms with van der Waals surface area (Å²) in [6, 6.07) is 43.8. The van der Waals surface area contributed by atoms with Crippen molar-refractivity contribution in [3.8, 4) is 39.5 Å². The van der Waals surface area contributed by atoms with Crippen molar-refractivity contribution in [3.63, 3.8) is 0 Å². The fourth-order valence-electron chi connectivity index (χ4n) is 3.89. The van der Waals surface area contributed by atoms with E-state index in [0.29, 0.717) is 0 Å². The Kier molecular flexibility index (Phi) is 13.2. The average Bonchev–Trinajstić information content (AvgIpc) is 3.07. The first-order chi connectivity index (χ1) is 20.9. The first-order valence-electron chi connectivity index (χ1n) is 13.7. The molecular weight excluding hydrogens is 723 g/mol. The zero-order chi connectivity index (χ0) is 30.4. The second-order valence-corrected chi connectivity index (χ2v) is 9.82. The summed E-state index contributed by atoms with van der Waals surface area (Å²) in [5, 5.41) is 9.05. The van der Waals surface area contributed by atoms with Crippen LogP contribution in [0.5, 0.6) is 5.75 Å². The topological polar surface area (TPSA) is 65.4 Å². The van der Waals surface area contributed by atoms with Crippen LogP contribution in [0.2, 0.25) is 0 Å². The quantitative estimate of drug-likeness (QED) is 0.184. The molecule has 3 aromatic carbocycles. The molecule has 0 spiro atoms. The van der Waals surface area contributed by atoms with Crippen LogP contribution in [-0.4, -0.2) is 48.2 Å². The van der Waals surface area contributed by atoms with Crippen LogP contribution in [0, 0.1) is 18.2 Å². The third kappa shape index (κ3) is 10.2. The number of phenolic OH excluding ortho intramolecular Hbond substituents is 1. The maximum atomic E-state index is 9.05. The number of nitrogens with zero attached hydrogens (tertiary/aromatic N) is 5. The number of phenols is 1. The van der Waals surface area contributed by atoms with Gasteiger partial charge in [0.05, 0.1) is 0 Å². The minimum absolute atomic E-state index is 0. The van der Waals surface area contributed by atoms with E-state index in [-0.39, 0.29) is 25.9 Å². The van der Waals surface area contributed by atoms with E-state index in [9.17, 15) is 0 Å². The molecular formula is C37H34IrN5O. The molecule has 0 bridgehead atoms. The SMILES string of the molecule is CN(C)c1ccnc(-c2[c-]cccc2)c1.CN(C)c1ccnc(-c2[c-]cccc2)c1.Oc1c[c-]c(-c2ccccn2)cc1.[Ir+3]. The molecule has 0 saturated heterocycles. The van der Waals surface area contributed by atoms with Crippen LogP contribution in [0.15, 0.2) is 128 Å². The van der Waals surface area contributed by atoms with Crippen LogP contribution >= 0.6 is 0 Å². The zero-order valence-corrected chi connectivity index (χ0v) is 27.5. The van der Waals surface area contributed by atoms with Crippen molar-refractivity contribution < 1.29 is 25.2 Å². The molecule has 0 aliphatic rings. The summed E-state index contributed by atoms with van der Waals surface area (Å²) in [5.41, 5.74) is 8.03. The number of hydrogen-bond donors (Lipinski definition) is 1. The van der Waals surface area contributed by atoms with Gasteiger partial charge >= 0.3 is 20.1 Å². The third-order valence-electron chi connectivity index (χ3n) is 6.23. The van der Waals surface area contributed by atoms with Gasteiger partial charge in [-0.1, -0.05) is 24.3 Å². The summed E-state index contributed by atoms with van der Waals surface area (Å²) >= 11 is 0. The Labute approximate surface area is 274 Å². The largest absolute Gasteiger partial charge is 3.00 e. The van der Waals surface area contributed by atoms with Crippen LogP contribution < -0.4 is 9.80 Å².